The van der Waals surface area contributed by atoms with Crippen molar-refractivity contribution >= 4 is 8.80 Å². The van der Waals surface area contributed by atoms with Crippen molar-refractivity contribution in [2.45, 2.75) is 91.5 Å². The van der Waals surface area contributed by atoms with E-state index in [1.807, 2.05) is 0 Å². The van der Waals surface area contributed by atoms with Crippen molar-refractivity contribution in [3.05, 3.63) is 0 Å². The van der Waals surface area contributed by atoms with E-state index in [-0.39, 0.29) is 0 Å². The fraction of sp³-hybridized carbons (Fsp3) is 1.00. The fourth-order valence-corrected chi connectivity index (χ4v) is 5.27. The minimum Gasteiger partial charge on any atom is -0.373 e. The van der Waals surface area contributed by atoms with Gasteiger partial charge in [0.15, 0.2) is 0 Å². The van der Waals surface area contributed by atoms with E-state index in [4.69, 9.17) is 13.3 Å². The molecule has 3 nitrogen and oxygen atoms in total. The standard InChI is InChI=1S/C17H38O3Si/c1-6-10-14-18-21(17(5)13-9-4,19-15-11-7-2)20-16-12-8-3/h17H,6-16H2,1-5H3. The number of unbranched alkanes of at least 4 members (excludes halogenated alkanes) is 3. The van der Waals surface area contributed by atoms with Crippen molar-refractivity contribution in [1.82, 2.24) is 0 Å². The fourth-order valence-electron chi connectivity index (χ4n) is 2.24. The van der Waals surface area contributed by atoms with Gasteiger partial charge in [-0.25, -0.2) is 0 Å². The van der Waals surface area contributed by atoms with Crippen molar-refractivity contribution in [3.8, 4) is 0 Å². The number of hydrogen-bond acceptors (Lipinski definition) is 3. The van der Waals surface area contributed by atoms with Crippen molar-refractivity contribution in [2.24, 2.45) is 0 Å². The molecule has 0 spiro atoms. The minimum atomic E-state index is -2.53. The van der Waals surface area contributed by atoms with Gasteiger partial charge in [0.2, 0.25) is 0 Å². The van der Waals surface area contributed by atoms with Gasteiger partial charge in [-0.2, -0.15) is 0 Å². The lowest BCUT2D eigenvalue weighted by Gasteiger charge is -2.34. The third-order valence-corrected chi connectivity index (χ3v) is 7.04. The third kappa shape index (κ3) is 8.96. The second-order valence-electron chi connectivity index (χ2n) is 5.90. The van der Waals surface area contributed by atoms with Crippen molar-refractivity contribution in [3.63, 3.8) is 0 Å². The highest BCUT2D eigenvalue weighted by atomic mass is 28.4. The van der Waals surface area contributed by atoms with E-state index in [1.54, 1.807) is 0 Å². The van der Waals surface area contributed by atoms with Crippen LogP contribution in [0.2, 0.25) is 5.54 Å². The molecule has 0 aliphatic rings. The molecule has 0 rings (SSSR count). The molecule has 0 aromatic heterocycles. The Balaban J connectivity index is 4.77. The van der Waals surface area contributed by atoms with Crippen molar-refractivity contribution in [2.75, 3.05) is 19.8 Å². The van der Waals surface area contributed by atoms with Gasteiger partial charge < -0.3 is 13.3 Å². The summed E-state index contributed by atoms with van der Waals surface area (Å²) in [5, 5.41) is 0. The Hall–Kier alpha value is 0.0969. The summed E-state index contributed by atoms with van der Waals surface area (Å²) in [5.41, 5.74) is 0.396. The van der Waals surface area contributed by atoms with Crippen LogP contribution in [0.5, 0.6) is 0 Å². The Kier molecular flexibility index (Phi) is 13.8. The average molecular weight is 319 g/mol. The number of rotatable bonds is 15. The SMILES string of the molecule is CCCCO[Si](OCCCC)(OCCCC)C(C)CCC. The molecule has 0 amide bonds. The predicted octanol–water partition coefficient (Wildman–Crippen LogP) is 5.57. The first kappa shape index (κ1) is 21.1. The summed E-state index contributed by atoms with van der Waals surface area (Å²) in [6.45, 7) is 13.4. The van der Waals surface area contributed by atoms with E-state index in [0.29, 0.717) is 5.54 Å². The van der Waals surface area contributed by atoms with Crippen LogP contribution in [0.25, 0.3) is 0 Å². The highest BCUT2D eigenvalue weighted by molar-refractivity contribution is 6.62. The van der Waals surface area contributed by atoms with Crippen molar-refractivity contribution in [1.29, 1.82) is 0 Å². The maximum atomic E-state index is 6.27. The molecule has 4 heteroatoms. The Morgan fingerprint density at radius 3 is 1.33 bits per heavy atom. The molecule has 0 aromatic carbocycles. The molecule has 0 aliphatic carbocycles. The predicted molar refractivity (Wildman–Crippen MR) is 92.7 cm³/mol. The van der Waals surface area contributed by atoms with Gasteiger partial charge in [-0.1, -0.05) is 60.3 Å². The molecule has 128 valence electrons. The van der Waals surface area contributed by atoms with Crippen molar-refractivity contribution < 1.29 is 13.3 Å². The molecule has 0 aliphatic heterocycles. The molecule has 1 atom stereocenters. The van der Waals surface area contributed by atoms with Crippen LogP contribution in [0, 0.1) is 0 Å². The lowest BCUT2D eigenvalue weighted by molar-refractivity contribution is 0.0471. The molecule has 0 N–H and O–H groups in total. The molecular formula is C17H38O3Si. The second-order valence-corrected chi connectivity index (χ2v) is 8.96. The monoisotopic (exact) mass is 318 g/mol. The molecule has 0 bridgehead atoms. The van der Waals surface area contributed by atoms with E-state index >= 15 is 0 Å². The number of hydrogen-bond donors (Lipinski definition) is 0. The molecule has 0 fully saturated rings. The summed E-state index contributed by atoms with van der Waals surface area (Å²) in [6, 6.07) is 0. The third-order valence-electron chi connectivity index (χ3n) is 3.73. The van der Waals surface area contributed by atoms with Gasteiger partial charge in [-0.3, -0.25) is 0 Å². The highest BCUT2D eigenvalue weighted by Crippen LogP contribution is 2.30. The second kappa shape index (κ2) is 13.7. The summed E-state index contributed by atoms with van der Waals surface area (Å²) in [5.74, 6) is 0. The van der Waals surface area contributed by atoms with Gasteiger partial charge in [0.25, 0.3) is 0 Å². The molecule has 0 aromatic rings. The van der Waals surface area contributed by atoms with Gasteiger partial charge in [0.1, 0.15) is 0 Å². The Morgan fingerprint density at radius 1 is 0.667 bits per heavy atom. The van der Waals surface area contributed by atoms with Gasteiger partial charge in [0.05, 0.1) is 0 Å². The van der Waals surface area contributed by atoms with E-state index in [2.05, 4.69) is 34.6 Å². The smallest absolute Gasteiger partial charge is 0.373 e. The van der Waals surface area contributed by atoms with Crippen LogP contribution in [0.15, 0.2) is 0 Å². The highest BCUT2D eigenvalue weighted by Gasteiger charge is 2.46. The van der Waals surface area contributed by atoms with Crippen LogP contribution >= 0.6 is 0 Å². The molecule has 1 unspecified atom stereocenters. The van der Waals surface area contributed by atoms with E-state index in [0.717, 1.165) is 71.2 Å². The van der Waals surface area contributed by atoms with Gasteiger partial charge in [0, 0.05) is 25.4 Å². The molecule has 0 saturated carbocycles. The summed E-state index contributed by atoms with van der Waals surface area (Å²) < 4.78 is 18.8. The van der Waals surface area contributed by atoms with Crippen LogP contribution in [0.3, 0.4) is 0 Å². The van der Waals surface area contributed by atoms with Crippen LogP contribution in [-0.4, -0.2) is 28.6 Å². The Bertz CT molecular complexity index is 198. The Morgan fingerprint density at radius 2 is 1.05 bits per heavy atom. The van der Waals surface area contributed by atoms with E-state index in [1.165, 1.54) is 0 Å². The summed E-state index contributed by atoms with van der Waals surface area (Å²) >= 11 is 0. The summed E-state index contributed by atoms with van der Waals surface area (Å²) in [7, 11) is -2.53. The first-order chi connectivity index (χ1) is 10.2. The zero-order valence-corrected chi connectivity index (χ0v) is 16.1. The normalized spacial score (nSPS) is 13.6. The maximum Gasteiger partial charge on any atom is 0.503 e. The van der Waals surface area contributed by atoms with Gasteiger partial charge in [-0.15, -0.1) is 0 Å². The first-order valence-corrected chi connectivity index (χ1v) is 10.9. The topological polar surface area (TPSA) is 27.7 Å². The van der Waals surface area contributed by atoms with Gasteiger partial charge >= 0.3 is 8.80 Å². The largest absolute Gasteiger partial charge is 0.503 e. The zero-order valence-electron chi connectivity index (χ0n) is 15.1. The maximum absolute atomic E-state index is 6.27. The lowest BCUT2D eigenvalue weighted by atomic mass is 10.3. The first-order valence-electron chi connectivity index (χ1n) is 9.08. The Labute approximate surface area is 134 Å². The van der Waals surface area contributed by atoms with Crippen LogP contribution < -0.4 is 0 Å². The molecular weight excluding hydrogens is 280 g/mol. The van der Waals surface area contributed by atoms with E-state index in [9.17, 15) is 0 Å². The zero-order chi connectivity index (χ0) is 16.0. The molecule has 0 saturated heterocycles. The molecule has 0 heterocycles. The summed E-state index contributed by atoms with van der Waals surface area (Å²) in [6.07, 6.45) is 8.98. The van der Waals surface area contributed by atoms with Crippen LogP contribution in [0.4, 0.5) is 0 Å². The quantitative estimate of drug-likeness (QED) is 0.292. The van der Waals surface area contributed by atoms with Crippen LogP contribution in [0.1, 0.15) is 86.0 Å². The van der Waals surface area contributed by atoms with Crippen LogP contribution in [-0.2, 0) is 13.3 Å². The minimum absolute atomic E-state index is 0.396. The molecule has 0 radical (unpaired) electrons. The molecule has 21 heavy (non-hydrogen) atoms. The summed E-state index contributed by atoms with van der Waals surface area (Å²) in [4.78, 5) is 0. The van der Waals surface area contributed by atoms with E-state index < -0.39 is 8.80 Å². The lowest BCUT2D eigenvalue weighted by Crippen LogP contribution is -2.50. The average Bonchev–Trinajstić information content (AvgIpc) is 2.47. The van der Waals surface area contributed by atoms with Gasteiger partial charge in [-0.05, 0) is 25.7 Å².